The summed E-state index contributed by atoms with van der Waals surface area (Å²) < 4.78 is 18.7. The molecule has 84 valence electrons. The Labute approximate surface area is 90.2 Å². The number of nitrogens with two attached hydrogens (primary N) is 1. The summed E-state index contributed by atoms with van der Waals surface area (Å²) in [5.41, 5.74) is 6.94. The Hall–Kier alpha value is -1.09. The summed E-state index contributed by atoms with van der Waals surface area (Å²) in [6.07, 6.45) is 0.591. The largest absolute Gasteiger partial charge is 0.493 e. The highest BCUT2D eigenvalue weighted by atomic mass is 19.1. The van der Waals surface area contributed by atoms with E-state index in [4.69, 9.17) is 10.5 Å². The van der Waals surface area contributed by atoms with Crippen molar-refractivity contribution in [3.63, 3.8) is 0 Å². The topological polar surface area (TPSA) is 35.2 Å². The van der Waals surface area contributed by atoms with Crippen LogP contribution in [0, 0.1) is 12.7 Å². The summed E-state index contributed by atoms with van der Waals surface area (Å²) in [5, 5.41) is 0. The van der Waals surface area contributed by atoms with Gasteiger partial charge in [0, 0.05) is 5.54 Å². The van der Waals surface area contributed by atoms with Crippen molar-refractivity contribution in [1.29, 1.82) is 0 Å². The van der Waals surface area contributed by atoms with E-state index in [9.17, 15) is 4.39 Å². The molecule has 0 heterocycles. The van der Waals surface area contributed by atoms with Crippen molar-refractivity contribution >= 4 is 0 Å². The molecule has 0 aliphatic heterocycles. The minimum atomic E-state index is -0.366. The van der Waals surface area contributed by atoms with E-state index in [1.807, 2.05) is 19.9 Å². The van der Waals surface area contributed by atoms with Crippen LogP contribution in [0.3, 0.4) is 0 Å². The molecule has 0 saturated carbocycles. The van der Waals surface area contributed by atoms with Gasteiger partial charge in [0.1, 0.15) is 0 Å². The van der Waals surface area contributed by atoms with Crippen molar-refractivity contribution in [3.05, 3.63) is 29.1 Å². The first kappa shape index (κ1) is 12.0. The van der Waals surface area contributed by atoms with Crippen molar-refractivity contribution in [2.24, 2.45) is 5.73 Å². The van der Waals surface area contributed by atoms with E-state index in [0.717, 1.165) is 5.56 Å². The zero-order chi connectivity index (χ0) is 11.6. The molecular weight excluding hydrogens is 193 g/mol. The van der Waals surface area contributed by atoms with Crippen LogP contribution < -0.4 is 10.5 Å². The molecule has 3 heteroatoms. The monoisotopic (exact) mass is 211 g/mol. The Morgan fingerprint density at radius 2 is 2.00 bits per heavy atom. The maximum atomic E-state index is 13.7. The van der Waals surface area contributed by atoms with E-state index < -0.39 is 0 Å². The van der Waals surface area contributed by atoms with Crippen LogP contribution in [0.1, 0.15) is 25.0 Å². The molecule has 0 amide bonds. The van der Waals surface area contributed by atoms with Gasteiger partial charge in [0.2, 0.25) is 0 Å². The first-order valence-corrected chi connectivity index (χ1v) is 4.96. The number of halogens is 1. The Bertz CT molecular complexity index is 355. The highest BCUT2D eigenvalue weighted by Crippen LogP contribution is 2.27. The third-order valence-electron chi connectivity index (χ3n) is 2.22. The van der Waals surface area contributed by atoms with Crippen LogP contribution in [0.4, 0.5) is 4.39 Å². The third kappa shape index (κ3) is 2.93. The van der Waals surface area contributed by atoms with Crippen LogP contribution in [0.2, 0.25) is 0 Å². The molecule has 2 nitrogen and oxygen atoms in total. The van der Waals surface area contributed by atoms with Crippen LogP contribution in [0.25, 0.3) is 0 Å². The quantitative estimate of drug-likeness (QED) is 0.833. The molecule has 1 rings (SSSR count). The SMILES string of the molecule is COc1c(CC(C)(C)N)ccc(C)c1F. The van der Waals surface area contributed by atoms with E-state index in [2.05, 4.69) is 0 Å². The van der Waals surface area contributed by atoms with Crippen molar-refractivity contribution in [2.75, 3.05) is 7.11 Å². The summed E-state index contributed by atoms with van der Waals surface area (Å²) in [6, 6.07) is 3.62. The summed E-state index contributed by atoms with van der Waals surface area (Å²) in [4.78, 5) is 0. The molecule has 0 aliphatic rings. The van der Waals surface area contributed by atoms with Gasteiger partial charge in [0.15, 0.2) is 11.6 Å². The number of hydrogen-bond donors (Lipinski definition) is 1. The van der Waals surface area contributed by atoms with E-state index in [1.54, 1.807) is 13.0 Å². The zero-order valence-corrected chi connectivity index (χ0v) is 9.73. The maximum absolute atomic E-state index is 13.7. The van der Waals surface area contributed by atoms with Gasteiger partial charge in [-0.15, -0.1) is 0 Å². The molecule has 0 bridgehead atoms. The molecule has 0 saturated heterocycles. The molecule has 0 fully saturated rings. The number of aryl methyl sites for hydroxylation is 1. The van der Waals surface area contributed by atoms with Crippen LogP contribution in [-0.4, -0.2) is 12.6 Å². The predicted octanol–water partition coefficient (Wildman–Crippen LogP) is 2.42. The number of methoxy groups -OCH3 is 1. The van der Waals surface area contributed by atoms with E-state index in [0.29, 0.717) is 17.7 Å². The van der Waals surface area contributed by atoms with Crippen LogP contribution in [0.5, 0.6) is 5.75 Å². The van der Waals surface area contributed by atoms with Gasteiger partial charge in [0.25, 0.3) is 0 Å². The fourth-order valence-electron chi connectivity index (χ4n) is 1.55. The summed E-state index contributed by atoms with van der Waals surface area (Å²) in [5.74, 6) is 0.0211. The van der Waals surface area contributed by atoms with Crippen molar-refractivity contribution in [2.45, 2.75) is 32.7 Å². The second kappa shape index (κ2) is 4.19. The molecule has 2 N–H and O–H groups in total. The average Bonchev–Trinajstić information content (AvgIpc) is 2.10. The molecule has 0 unspecified atom stereocenters. The smallest absolute Gasteiger partial charge is 0.168 e. The first-order chi connectivity index (χ1) is 6.85. The average molecular weight is 211 g/mol. The third-order valence-corrected chi connectivity index (χ3v) is 2.22. The lowest BCUT2D eigenvalue weighted by Crippen LogP contribution is -2.34. The van der Waals surface area contributed by atoms with E-state index in [1.165, 1.54) is 7.11 Å². The Balaban J connectivity index is 3.14. The Kier molecular flexibility index (Phi) is 3.35. The lowest BCUT2D eigenvalue weighted by atomic mass is 9.94. The van der Waals surface area contributed by atoms with Gasteiger partial charge >= 0.3 is 0 Å². The molecule has 1 aromatic rings. The van der Waals surface area contributed by atoms with Crippen molar-refractivity contribution in [3.8, 4) is 5.75 Å². The molecule has 0 atom stereocenters. The van der Waals surface area contributed by atoms with Gasteiger partial charge in [-0.25, -0.2) is 4.39 Å². The van der Waals surface area contributed by atoms with Crippen LogP contribution >= 0.6 is 0 Å². The summed E-state index contributed by atoms with van der Waals surface area (Å²) >= 11 is 0. The molecule has 0 spiro atoms. The number of rotatable bonds is 3. The van der Waals surface area contributed by atoms with E-state index >= 15 is 0 Å². The minimum absolute atomic E-state index is 0.292. The highest BCUT2D eigenvalue weighted by Gasteiger charge is 2.18. The Morgan fingerprint density at radius 3 is 2.47 bits per heavy atom. The predicted molar refractivity (Wildman–Crippen MR) is 59.7 cm³/mol. The molecule has 15 heavy (non-hydrogen) atoms. The number of benzene rings is 1. The van der Waals surface area contributed by atoms with Crippen LogP contribution in [0.15, 0.2) is 12.1 Å². The zero-order valence-electron chi connectivity index (χ0n) is 9.73. The second-order valence-corrected chi connectivity index (χ2v) is 4.55. The molecule has 0 aromatic heterocycles. The van der Waals surface area contributed by atoms with Gasteiger partial charge < -0.3 is 10.5 Å². The lowest BCUT2D eigenvalue weighted by Gasteiger charge is -2.20. The van der Waals surface area contributed by atoms with Gasteiger partial charge in [0.05, 0.1) is 7.11 Å². The molecule has 0 aliphatic carbocycles. The lowest BCUT2D eigenvalue weighted by molar-refractivity contribution is 0.374. The fourth-order valence-corrected chi connectivity index (χ4v) is 1.55. The second-order valence-electron chi connectivity index (χ2n) is 4.55. The standard InChI is InChI=1S/C12H18FNO/c1-8-5-6-9(7-12(2,3)14)11(15-4)10(8)13/h5-6H,7,14H2,1-4H3. The molecular formula is C12H18FNO. The summed E-state index contributed by atoms with van der Waals surface area (Å²) in [7, 11) is 1.48. The van der Waals surface area contributed by atoms with E-state index in [-0.39, 0.29) is 11.4 Å². The van der Waals surface area contributed by atoms with Gasteiger partial charge in [-0.2, -0.15) is 0 Å². The highest BCUT2D eigenvalue weighted by molar-refractivity contribution is 5.39. The molecule has 1 aromatic carbocycles. The Morgan fingerprint density at radius 1 is 1.40 bits per heavy atom. The van der Waals surface area contributed by atoms with Crippen molar-refractivity contribution in [1.82, 2.24) is 0 Å². The van der Waals surface area contributed by atoms with Gasteiger partial charge in [-0.1, -0.05) is 12.1 Å². The van der Waals surface area contributed by atoms with Gasteiger partial charge in [-0.3, -0.25) is 0 Å². The fraction of sp³-hybridized carbons (Fsp3) is 0.500. The summed E-state index contributed by atoms with van der Waals surface area (Å²) in [6.45, 7) is 5.53. The number of hydrogen-bond acceptors (Lipinski definition) is 2. The minimum Gasteiger partial charge on any atom is -0.493 e. The normalized spacial score (nSPS) is 11.6. The first-order valence-electron chi connectivity index (χ1n) is 4.96. The number of ether oxygens (including phenoxy) is 1. The van der Waals surface area contributed by atoms with Gasteiger partial charge in [-0.05, 0) is 38.3 Å². The van der Waals surface area contributed by atoms with Crippen molar-refractivity contribution < 1.29 is 9.13 Å². The maximum Gasteiger partial charge on any atom is 0.168 e. The molecule has 0 radical (unpaired) electrons. The van der Waals surface area contributed by atoms with Crippen LogP contribution in [-0.2, 0) is 6.42 Å².